The quantitative estimate of drug-likeness (QED) is 0.764. The van der Waals surface area contributed by atoms with Gasteiger partial charge in [0.1, 0.15) is 0 Å². The Labute approximate surface area is 122 Å². The summed E-state index contributed by atoms with van der Waals surface area (Å²) in [6.45, 7) is 0.413. The molecule has 1 heterocycles. The van der Waals surface area contributed by atoms with Gasteiger partial charge in [0.2, 0.25) is 0 Å². The Kier molecular flexibility index (Phi) is 4.28. The van der Waals surface area contributed by atoms with Crippen molar-refractivity contribution in [2.75, 3.05) is 5.32 Å². The summed E-state index contributed by atoms with van der Waals surface area (Å²) in [6, 6.07) is 5.50. The fourth-order valence-electron chi connectivity index (χ4n) is 1.49. The number of benzene rings is 1. The van der Waals surface area contributed by atoms with E-state index in [9.17, 15) is 13.2 Å². The van der Waals surface area contributed by atoms with Crippen molar-refractivity contribution in [3.63, 3.8) is 0 Å². The molecular formula is C12H8Cl2F3NS. The van der Waals surface area contributed by atoms with Gasteiger partial charge in [-0.3, -0.25) is 0 Å². The van der Waals surface area contributed by atoms with Crippen molar-refractivity contribution >= 4 is 40.2 Å². The summed E-state index contributed by atoms with van der Waals surface area (Å²) < 4.78 is 38.0. The first kappa shape index (κ1) is 14.5. The van der Waals surface area contributed by atoms with Gasteiger partial charge in [-0.15, -0.1) is 11.3 Å². The standard InChI is InChI=1S/C12H8Cl2F3NS/c13-7-3-9(19-6-7)5-18-8-1-2-11(14)10(4-8)12(15,16)17/h1-4,6,18H,5H2. The zero-order valence-corrected chi connectivity index (χ0v) is 11.7. The molecule has 2 aromatic rings. The van der Waals surface area contributed by atoms with Crippen LogP contribution in [0.5, 0.6) is 0 Å². The minimum absolute atomic E-state index is 0.308. The fraction of sp³-hybridized carbons (Fsp3) is 0.167. The second-order valence-corrected chi connectivity index (χ2v) is 5.62. The summed E-state index contributed by atoms with van der Waals surface area (Å²) in [5, 5.41) is 4.98. The van der Waals surface area contributed by atoms with Crippen LogP contribution in [0.2, 0.25) is 10.0 Å². The van der Waals surface area contributed by atoms with E-state index in [4.69, 9.17) is 23.2 Å². The van der Waals surface area contributed by atoms with Crippen LogP contribution in [0.15, 0.2) is 29.6 Å². The van der Waals surface area contributed by atoms with Crippen LogP contribution in [-0.4, -0.2) is 0 Å². The molecule has 102 valence electrons. The lowest BCUT2D eigenvalue weighted by Crippen LogP contribution is -2.07. The van der Waals surface area contributed by atoms with Crippen molar-refractivity contribution in [2.24, 2.45) is 0 Å². The van der Waals surface area contributed by atoms with E-state index in [0.717, 1.165) is 10.9 Å². The molecule has 0 fully saturated rings. The van der Waals surface area contributed by atoms with Gasteiger partial charge in [-0.2, -0.15) is 13.2 Å². The molecule has 1 aromatic carbocycles. The van der Waals surface area contributed by atoms with Gasteiger partial charge < -0.3 is 5.32 Å². The van der Waals surface area contributed by atoms with E-state index in [1.165, 1.54) is 23.5 Å². The topological polar surface area (TPSA) is 12.0 Å². The Bertz CT molecular complexity index is 581. The van der Waals surface area contributed by atoms with E-state index in [1.54, 1.807) is 11.4 Å². The van der Waals surface area contributed by atoms with Crippen molar-refractivity contribution in [3.8, 4) is 0 Å². The first-order valence-electron chi connectivity index (χ1n) is 5.20. The van der Waals surface area contributed by atoms with Crippen molar-refractivity contribution in [1.82, 2.24) is 0 Å². The zero-order chi connectivity index (χ0) is 14.0. The molecule has 1 N–H and O–H groups in total. The molecule has 0 saturated heterocycles. The summed E-state index contributed by atoms with van der Waals surface area (Å²) in [4.78, 5) is 0.938. The van der Waals surface area contributed by atoms with Crippen molar-refractivity contribution in [3.05, 3.63) is 50.1 Å². The molecule has 0 amide bonds. The molecule has 0 saturated carbocycles. The molecule has 2 rings (SSSR count). The van der Waals surface area contributed by atoms with E-state index in [1.807, 2.05) is 0 Å². The SMILES string of the molecule is FC(F)(F)c1cc(NCc2cc(Cl)cs2)ccc1Cl. The Morgan fingerprint density at radius 1 is 1.16 bits per heavy atom. The monoisotopic (exact) mass is 325 g/mol. The molecule has 1 nitrogen and oxygen atoms in total. The van der Waals surface area contributed by atoms with Gasteiger partial charge >= 0.3 is 6.18 Å². The van der Waals surface area contributed by atoms with Gasteiger partial charge in [-0.05, 0) is 24.3 Å². The Morgan fingerprint density at radius 2 is 1.89 bits per heavy atom. The molecule has 0 unspecified atom stereocenters. The van der Waals surface area contributed by atoms with Crippen LogP contribution in [0.3, 0.4) is 0 Å². The molecule has 0 aliphatic rings. The van der Waals surface area contributed by atoms with E-state index < -0.39 is 11.7 Å². The predicted molar refractivity (Wildman–Crippen MR) is 73.1 cm³/mol. The highest BCUT2D eigenvalue weighted by molar-refractivity contribution is 7.10. The average molecular weight is 326 g/mol. The molecule has 0 bridgehead atoms. The number of rotatable bonds is 3. The number of nitrogens with one attached hydrogen (secondary N) is 1. The van der Waals surface area contributed by atoms with Gasteiger partial charge in [0.25, 0.3) is 0 Å². The van der Waals surface area contributed by atoms with Crippen LogP contribution in [-0.2, 0) is 12.7 Å². The third-order valence-electron chi connectivity index (χ3n) is 2.36. The minimum atomic E-state index is -4.46. The molecule has 19 heavy (non-hydrogen) atoms. The first-order chi connectivity index (χ1) is 8.86. The zero-order valence-electron chi connectivity index (χ0n) is 9.39. The normalized spacial score (nSPS) is 11.6. The second-order valence-electron chi connectivity index (χ2n) is 3.78. The lowest BCUT2D eigenvalue weighted by molar-refractivity contribution is -0.137. The van der Waals surface area contributed by atoms with Crippen LogP contribution < -0.4 is 5.32 Å². The lowest BCUT2D eigenvalue weighted by atomic mass is 10.2. The van der Waals surface area contributed by atoms with Gasteiger partial charge in [0.15, 0.2) is 0 Å². The van der Waals surface area contributed by atoms with Crippen LogP contribution in [0.25, 0.3) is 0 Å². The van der Waals surface area contributed by atoms with Gasteiger partial charge in [-0.25, -0.2) is 0 Å². The lowest BCUT2D eigenvalue weighted by Gasteiger charge is -2.11. The number of thiophene rings is 1. The molecule has 7 heteroatoms. The van der Waals surface area contributed by atoms with Crippen molar-refractivity contribution < 1.29 is 13.2 Å². The summed E-state index contributed by atoms with van der Waals surface area (Å²) in [5.41, 5.74) is -0.482. The van der Waals surface area contributed by atoms with Crippen molar-refractivity contribution in [2.45, 2.75) is 12.7 Å². The molecule has 0 radical (unpaired) electrons. The maximum atomic E-state index is 12.7. The molecule has 0 spiro atoms. The summed E-state index contributed by atoms with van der Waals surface area (Å²) in [7, 11) is 0. The van der Waals surface area contributed by atoms with Crippen LogP contribution in [0.1, 0.15) is 10.4 Å². The molecule has 1 aromatic heterocycles. The van der Waals surface area contributed by atoms with E-state index in [2.05, 4.69) is 5.32 Å². The molecular weight excluding hydrogens is 318 g/mol. The number of anilines is 1. The molecule has 0 aliphatic carbocycles. The van der Waals surface area contributed by atoms with E-state index in [0.29, 0.717) is 17.3 Å². The summed E-state index contributed by atoms with van der Waals surface area (Å²) >= 11 is 12.7. The van der Waals surface area contributed by atoms with Gasteiger partial charge in [0, 0.05) is 22.5 Å². The Morgan fingerprint density at radius 3 is 2.47 bits per heavy atom. The maximum Gasteiger partial charge on any atom is 0.417 e. The van der Waals surface area contributed by atoms with Gasteiger partial charge in [0.05, 0.1) is 15.6 Å². The van der Waals surface area contributed by atoms with E-state index in [-0.39, 0.29) is 5.02 Å². The van der Waals surface area contributed by atoms with Crippen LogP contribution >= 0.6 is 34.5 Å². The van der Waals surface area contributed by atoms with Crippen LogP contribution in [0.4, 0.5) is 18.9 Å². The number of halogens is 5. The Balaban J connectivity index is 2.13. The van der Waals surface area contributed by atoms with Crippen molar-refractivity contribution in [1.29, 1.82) is 0 Å². The number of hydrogen-bond donors (Lipinski definition) is 1. The predicted octanol–water partition coefficient (Wildman–Crippen LogP) is 5.69. The molecule has 0 aliphatic heterocycles. The first-order valence-corrected chi connectivity index (χ1v) is 6.83. The van der Waals surface area contributed by atoms with Gasteiger partial charge in [-0.1, -0.05) is 23.2 Å². The second kappa shape index (κ2) is 5.61. The number of alkyl halides is 3. The summed E-state index contributed by atoms with van der Waals surface area (Å²) in [6.07, 6.45) is -4.46. The third kappa shape index (κ3) is 3.78. The average Bonchev–Trinajstić information content (AvgIpc) is 2.72. The third-order valence-corrected chi connectivity index (χ3v) is 3.97. The maximum absolute atomic E-state index is 12.7. The van der Waals surface area contributed by atoms with Crippen LogP contribution in [0, 0.1) is 0 Å². The summed E-state index contributed by atoms with van der Waals surface area (Å²) in [5.74, 6) is 0. The largest absolute Gasteiger partial charge is 0.417 e. The fourth-order valence-corrected chi connectivity index (χ4v) is 2.73. The smallest absolute Gasteiger partial charge is 0.380 e. The highest BCUT2D eigenvalue weighted by atomic mass is 35.5. The number of hydrogen-bond acceptors (Lipinski definition) is 2. The minimum Gasteiger partial charge on any atom is -0.380 e. The highest BCUT2D eigenvalue weighted by Gasteiger charge is 2.33. The molecule has 0 atom stereocenters. The Hall–Kier alpha value is -0.910. The highest BCUT2D eigenvalue weighted by Crippen LogP contribution is 2.36. The van der Waals surface area contributed by atoms with E-state index >= 15 is 0 Å².